The highest BCUT2D eigenvalue weighted by Crippen LogP contribution is 2.33. The Bertz CT molecular complexity index is 932. The molecule has 0 radical (unpaired) electrons. The molecule has 1 saturated heterocycles. The second kappa shape index (κ2) is 8.67. The van der Waals surface area contributed by atoms with Gasteiger partial charge in [-0.25, -0.2) is 4.98 Å². The third-order valence-corrected chi connectivity index (χ3v) is 6.58. The molecule has 1 aromatic carbocycles. The van der Waals surface area contributed by atoms with Crippen molar-refractivity contribution >= 4 is 28.3 Å². The van der Waals surface area contributed by atoms with Gasteiger partial charge in [0.05, 0.1) is 5.69 Å². The number of ether oxygens (including phenoxy) is 1. The summed E-state index contributed by atoms with van der Waals surface area (Å²) in [4.78, 5) is 32.6. The average molecular weight is 435 g/mol. The van der Waals surface area contributed by atoms with Crippen molar-refractivity contribution in [2.24, 2.45) is 5.92 Å². The van der Waals surface area contributed by atoms with Gasteiger partial charge >= 0.3 is 6.61 Å². The van der Waals surface area contributed by atoms with Gasteiger partial charge in [-0.15, -0.1) is 11.3 Å². The molecule has 30 heavy (non-hydrogen) atoms. The van der Waals surface area contributed by atoms with Crippen LogP contribution in [0.4, 0.5) is 13.9 Å². The van der Waals surface area contributed by atoms with Gasteiger partial charge in [0, 0.05) is 17.8 Å². The van der Waals surface area contributed by atoms with Crippen LogP contribution in [0.5, 0.6) is 5.75 Å². The van der Waals surface area contributed by atoms with E-state index in [-0.39, 0.29) is 24.1 Å². The van der Waals surface area contributed by atoms with Crippen LogP contribution in [0.15, 0.2) is 24.3 Å². The van der Waals surface area contributed by atoms with Crippen LogP contribution in [-0.4, -0.2) is 34.4 Å². The Labute approximate surface area is 177 Å². The first kappa shape index (κ1) is 20.7. The molecule has 6 nitrogen and oxygen atoms in total. The second-order valence-corrected chi connectivity index (χ2v) is 8.91. The zero-order valence-electron chi connectivity index (χ0n) is 16.6. The molecule has 2 unspecified atom stereocenters. The lowest BCUT2D eigenvalue weighted by Crippen LogP contribution is -2.41. The van der Waals surface area contributed by atoms with Crippen molar-refractivity contribution in [3.63, 3.8) is 0 Å². The number of amides is 2. The largest absolute Gasteiger partial charge is 0.435 e. The summed E-state index contributed by atoms with van der Waals surface area (Å²) in [5, 5.41) is 3.48. The van der Waals surface area contributed by atoms with E-state index in [4.69, 9.17) is 0 Å². The summed E-state index contributed by atoms with van der Waals surface area (Å²) in [6, 6.07) is 5.52. The van der Waals surface area contributed by atoms with Gasteiger partial charge in [0.25, 0.3) is 0 Å². The number of likely N-dealkylation sites (tertiary alicyclic amines) is 1. The zero-order chi connectivity index (χ0) is 21.3. The van der Waals surface area contributed by atoms with Crippen LogP contribution in [0.1, 0.15) is 42.3 Å². The highest BCUT2D eigenvalue weighted by Gasteiger charge is 2.36. The van der Waals surface area contributed by atoms with Crippen LogP contribution < -0.4 is 10.1 Å². The number of carbonyl (C=O) groups is 2. The van der Waals surface area contributed by atoms with E-state index >= 15 is 0 Å². The van der Waals surface area contributed by atoms with Crippen LogP contribution in [0.2, 0.25) is 0 Å². The topological polar surface area (TPSA) is 71.5 Å². The number of nitrogens with zero attached hydrogens (tertiary/aromatic N) is 2. The Kier molecular flexibility index (Phi) is 5.99. The van der Waals surface area contributed by atoms with E-state index in [1.54, 1.807) is 12.1 Å². The van der Waals surface area contributed by atoms with Gasteiger partial charge in [-0.1, -0.05) is 19.1 Å². The molecule has 0 spiro atoms. The van der Waals surface area contributed by atoms with Crippen molar-refractivity contribution in [2.75, 3.05) is 5.32 Å². The molecule has 2 amide bonds. The summed E-state index contributed by atoms with van der Waals surface area (Å²) in [6.45, 7) is -0.434. The summed E-state index contributed by atoms with van der Waals surface area (Å²) in [6.07, 6.45) is 3.77. The molecule has 1 aliphatic carbocycles. The van der Waals surface area contributed by atoms with Crippen LogP contribution in [0.25, 0.3) is 0 Å². The third kappa shape index (κ3) is 4.61. The number of alkyl halides is 2. The van der Waals surface area contributed by atoms with Crippen molar-refractivity contribution in [1.82, 2.24) is 9.88 Å². The highest BCUT2D eigenvalue weighted by molar-refractivity contribution is 7.15. The second-order valence-electron chi connectivity index (χ2n) is 7.82. The molecule has 2 atom stereocenters. The number of thiazole rings is 1. The van der Waals surface area contributed by atoms with Crippen LogP contribution in [-0.2, 0) is 29.0 Å². The number of carbonyl (C=O) groups excluding carboxylic acids is 2. The van der Waals surface area contributed by atoms with E-state index in [0.29, 0.717) is 23.9 Å². The van der Waals surface area contributed by atoms with E-state index in [0.717, 1.165) is 30.5 Å². The van der Waals surface area contributed by atoms with E-state index in [2.05, 4.69) is 22.0 Å². The Hall–Kier alpha value is -2.55. The normalized spacial score (nSPS) is 21.1. The Morgan fingerprint density at radius 1 is 1.30 bits per heavy atom. The molecular formula is C21H23F2N3O3S. The summed E-state index contributed by atoms with van der Waals surface area (Å²) in [5.41, 5.74) is 1.81. The number of halogens is 2. The summed E-state index contributed by atoms with van der Waals surface area (Å²) < 4.78 is 28.9. The number of fused-ring (bicyclic) bond motifs is 1. The third-order valence-electron chi connectivity index (χ3n) is 5.55. The highest BCUT2D eigenvalue weighted by atomic mass is 32.1. The predicted octanol–water partition coefficient (Wildman–Crippen LogP) is 4.00. The maximum absolute atomic E-state index is 12.9. The number of aryl methyl sites for hydroxylation is 1. The van der Waals surface area contributed by atoms with E-state index in [1.807, 2.05) is 0 Å². The first-order chi connectivity index (χ1) is 14.4. The van der Waals surface area contributed by atoms with Crippen molar-refractivity contribution in [2.45, 2.75) is 58.2 Å². The van der Waals surface area contributed by atoms with Gasteiger partial charge in [0.2, 0.25) is 11.8 Å². The van der Waals surface area contributed by atoms with Gasteiger partial charge < -0.3 is 15.0 Å². The molecule has 1 N–H and O–H groups in total. The number of hydrogen-bond donors (Lipinski definition) is 1. The van der Waals surface area contributed by atoms with Gasteiger partial charge in [0.1, 0.15) is 11.8 Å². The average Bonchev–Trinajstić information content (AvgIpc) is 3.25. The Balaban J connectivity index is 1.41. The minimum atomic E-state index is -2.89. The number of benzene rings is 1. The lowest BCUT2D eigenvalue weighted by Gasteiger charge is -2.24. The van der Waals surface area contributed by atoms with Crippen molar-refractivity contribution in [3.8, 4) is 5.75 Å². The van der Waals surface area contributed by atoms with Crippen molar-refractivity contribution in [3.05, 3.63) is 40.4 Å². The fourth-order valence-electron chi connectivity index (χ4n) is 3.96. The van der Waals surface area contributed by atoms with Crippen molar-refractivity contribution in [1.29, 1.82) is 0 Å². The molecule has 0 saturated carbocycles. The molecule has 0 bridgehead atoms. The van der Waals surface area contributed by atoms with E-state index in [9.17, 15) is 18.4 Å². The minimum absolute atomic E-state index is 0.0536. The smallest absolute Gasteiger partial charge is 0.387 e. The van der Waals surface area contributed by atoms with Gasteiger partial charge in [0.15, 0.2) is 5.13 Å². The van der Waals surface area contributed by atoms with Crippen LogP contribution in [0, 0.1) is 5.92 Å². The number of rotatable bonds is 6. The van der Waals surface area contributed by atoms with Crippen molar-refractivity contribution < 1.29 is 23.1 Å². The number of nitrogens with one attached hydrogen (secondary N) is 1. The molecule has 9 heteroatoms. The van der Waals surface area contributed by atoms with Crippen LogP contribution in [0.3, 0.4) is 0 Å². The summed E-state index contributed by atoms with van der Waals surface area (Å²) in [7, 11) is 0. The maximum Gasteiger partial charge on any atom is 0.387 e. The molecule has 1 aromatic heterocycles. The molecule has 2 heterocycles. The molecule has 4 rings (SSSR count). The van der Waals surface area contributed by atoms with E-state index < -0.39 is 12.7 Å². The SMILES string of the molecule is CC1CCc2nc(NC(=O)C3CCC(=O)N3Cc3ccc(OC(F)F)cc3)sc2C1. The monoisotopic (exact) mass is 435 g/mol. The molecule has 160 valence electrons. The Morgan fingerprint density at radius 2 is 2.07 bits per heavy atom. The zero-order valence-corrected chi connectivity index (χ0v) is 17.4. The summed E-state index contributed by atoms with van der Waals surface area (Å²) >= 11 is 1.52. The molecule has 1 fully saturated rings. The summed E-state index contributed by atoms with van der Waals surface area (Å²) in [5.74, 6) is 0.340. The first-order valence-electron chi connectivity index (χ1n) is 10.0. The first-order valence-corrected chi connectivity index (χ1v) is 10.8. The maximum atomic E-state index is 12.9. The fraction of sp³-hybridized carbons (Fsp3) is 0.476. The minimum Gasteiger partial charge on any atom is -0.435 e. The van der Waals surface area contributed by atoms with Gasteiger partial charge in [-0.2, -0.15) is 8.78 Å². The van der Waals surface area contributed by atoms with E-state index in [1.165, 1.54) is 33.2 Å². The number of hydrogen-bond acceptors (Lipinski definition) is 5. The molecule has 2 aliphatic rings. The standard InChI is InChI=1S/C21H23F2N3O3S/c1-12-2-7-15-17(10-12)30-21(24-15)25-19(28)16-8-9-18(27)26(16)11-13-3-5-14(6-4-13)29-20(22)23/h3-6,12,16,20H,2,7-11H2,1H3,(H,24,25,28). The Morgan fingerprint density at radius 3 is 2.80 bits per heavy atom. The fourth-order valence-corrected chi connectivity index (χ4v) is 5.13. The van der Waals surface area contributed by atoms with Gasteiger partial charge in [-0.3, -0.25) is 9.59 Å². The quantitative estimate of drug-likeness (QED) is 0.745. The predicted molar refractivity (Wildman–Crippen MR) is 109 cm³/mol. The number of aromatic nitrogens is 1. The number of anilines is 1. The van der Waals surface area contributed by atoms with Gasteiger partial charge in [-0.05, 0) is 49.3 Å². The molecule has 1 aliphatic heterocycles. The lowest BCUT2D eigenvalue weighted by atomic mass is 9.93. The lowest BCUT2D eigenvalue weighted by molar-refractivity contribution is -0.133. The molecule has 2 aromatic rings. The van der Waals surface area contributed by atoms with Crippen LogP contribution >= 0.6 is 11.3 Å². The molecular weight excluding hydrogens is 412 g/mol.